The molecule has 0 saturated carbocycles. The second-order valence-electron chi connectivity index (χ2n) is 6.75. The smallest absolute Gasteiger partial charge is 0.341 e. The van der Waals surface area contributed by atoms with Crippen LogP contribution in [0.25, 0.3) is 0 Å². The van der Waals surface area contributed by atoms with Gasteiger partial charge in [-0.1, -0.05) is 17.7 Å². The molecule has 0 radical (unpaired) electrons. The minimum Gasteiger partial charge on any atom is -0.550 e. The molecule has 0 fully saturated rings. The van der Waals surface area contributed by atoms with Crippen molar-refractivity contribution in [1.82, 2.24) is 0 Å². The van der Waals surface area contributed by atoms with Crippen molar-refractivity contribution >= 4 is 45.8 Å². The fraction of sp³-hybridized carbons (Fsp3) is 0.526. The molecule has 0 aliphatic heterocycles. The molecule has 2 atom stereocenters. The second-order valence-corrected chi connectivity index (χ2v) is 8.34. The summed E-state index contributed by atoms with van der Waals surface area (Å²) in [5.74, 6) is -3.95. The van der Waals surface area contributed by atoms with Crippen molar-refractivity contribution in [2.75, 3.05) is 11.9 Å². The molecule has 8 heteroatoms. The predicted molar refractivity (Wildman–Crippen MR) is 101 cm³/mol. The average molecular weight is 411 g/mol. The zero-order valence-electron chi connectivity index (χ0n) is 15.0. The molecule has 3 rings (SSSR count). The minimum atomic E-state index is -1.27. The van der Waals surface area contributed by atoms with Crippen LogP contribution in [-0.4, -0.2) is 24.5 Å². The van der Waals surface area contributed by atoms with E-state index in [4.69, 9.17) is 16.3 Å². The first kappa shape index (κ1) is 19.9. The summed E-state index contributed by atoms with van der Waals surface area (Å²) in [6.45, 7) is 1.97. The molecule has 0 bridgehead atoms. The zero-order chi connectivity index (χ0) is 19.6. The zero-order valence-corrected chi connectivity index (χ0v) is 16.6. The number of carbonyl (C=O) groups is 3. The number of carbonyl (C=O) groups excluding carboxylic acids is 3. The Morgan fingerprint density at radius 2 is 2.04 bits per heavy atom. The van der Waals surface area contributed by atoms with E-state index in [-0.39, 0.29) is 19.4 Å². The number of aryl methyl sites for hydroxylation is 1. The van der Waals surface area contributed by atoms with Crippen LogP contribution >= 0.6 is 22.9 Å². The van der Waals surface area contributed by atoms with E-state index in [0.717, 1.165) is 36.1 Å². The summed E-state index contributed by atoms with van der Waals surface area (Å²) in [5, 5.41) is 15.1. The number of ether oxygens (including phenoxy) is 1. The number of fused-ring (bicyclic) bond motifs is 1. The van der Waals surface area contributed by atoms with Crippen LogP contribution in [-0.2, 0) is 27.2 Å². The molecule has 6 nitrogen and oxygen atoms in total. The van der Waals surface area contributed by atoms with E-state index in [1.807, 2.05) is 0 Å². The Morgan fingerprint density at radius 1 is 1.30 bits per heavy atom. The predicted octanol–water partition coefficient (Wildman–Crippen LogP) is 2.64. The summed E-state index contributed by atoms with van der Waals surface area (Å²) in [4.78, 5) is 37.8. The number of aliphatic carboxylic acids is 1. The lowest BCUT2D eigenvalue weighted by Gasteiger charge is -2.29. The quantitative estimate of drug-likeness (QED) is 0.753. The van der Waals surface area contributed by atoms with E-state index >= 15 is 0 Å². The van der Waals surface area contributed by atoms with Crippen LogP contribution < -0.4 is 10.4 Å². The number of hydrogen-bond acceptors (Lipinski definition) is 6. The number of nitrogens with one attached hydrogen (secondary N) is 1. The molecule has 1 amide bonds. The number of esters is 1. The summed E-state index contributed by atoms with van der Waals surface area (Å²) in [6.07, 6.45) is 5.58. The average Bonchev–Trinajstić information content (AvgIpc) is 2.99. The van der Waals surface area contributed by atoms with Crippen LogP contribution in [0, 0.1) is 11.8 Å². The lowest BCUT2D eigenvalue weighted by Crippen LogP contribution is -2.42. The van der Waals surface area contributed by atoms with Gasteiger partial charge in [-0.2, -0.15) is 0 Å². The molecule has 1 heterocycles. The fourth-order valence-electron chi connectivity index (χ4n) is 3.67. The number of carboxylic acid groups (broad SMARTS) is 1. The second kappa shape index (κ2) is 8.44. The van der Waals surface area contributed by atoms with Gasteiger partial charge in [-0.3, -0.25) is 4.79 Å². The van der Waals surface area contributed by atoms with Crippen LogP contribution in [0.4, 0.5) is 5.00 Å². The molecule has 2 aliphatic rings. The molecule has 0 spiro atoms. The van der Waals surface area contributed by atoms with Gasteiger partial charge < -0.3 is 20.0 Å². The van der Waals surface area contributed by atoms with Crippen molar-refractivity contribution < 1.29 is 24.2 Å². The molecule has 27 heavy (non-hydrogen) atoms. The molecule has 1 aromatic rings. The first-order valence-corrected chi connectivity index (χ1v) is 10.3. The molecule has 0 saturated heterocycles. The van der Waals surface area contributed by atoms with E-state index in [2.05, 4.69) is 5.32 Å². The van der Waals surface area contributed by atoms with E-state index in [0.29, 0.717) is 15.6 Å². The normalized spacial score (nSPS) is 21.8. The molecule has 2 aliphatic carbocycles. The third-order valence-corrected chi connectivity index (χ3v) is 6.54. The van der Waals surface area contributed by atoms with Crippen LogP contribution in [0.15, 0.2) is 11.1 Å². The number of allylic oxidation sites excluding steroid dienone is 2. The van der Waals surface area contributed by atoms with Crippen molar-refractivity contribution in [3.63, 3.8) is 0 Å². The van der Waals surface area contributed by atoms with Crippen LogP contribution in [0.5, 0.6) is 0 Å². The lowest BCUT2D eigenvalue weighted by molar-refractivity contribution is -0.313. The summed E-state index contributed by atoms with van der Waals surface area (Å²) < 4.78 is 5.18. The lowest BCUT2D eigenvalue weighted by atomic mass is 9.82. The van der Waals surface area contributed by atoms with Crippen molar-refractivity contribution in [2.45, 2.75) is 45.4 Å². The Kier molecular flexibility index (Phi) is 6.22. The van der Waals surface area contributed by atoms with Gasteiger partial charge in [0.15, 0.2) is 0 Å². The molecule has 1 aromatic heterocycles. The number of anilines is 1. The van der Waals surface area contributed by atoms with E-state index in [1.54, 1.807) is 13.0 Å². The highest BCUT2D eigenvalue weighted by Gasteiger charge is 2.34. The maximum Gasteiger partial charge on any atom is 0.341 e. The third kappa shape index (κ3) is 4.19. The monoisotopic (exact) mass is 410 g/mol. The number of carboxylic acids is 1. The van der Waals surface area contributed by atoms with Crippen LogP contribution in [0.2, 0.25) is 0 Å². The fourth-order valence-corrected chi connectivity index (χ4v) is 5.20. The molecule has 0 unspecified atom stereocenters. The van der Waals surface area contributed by atoms with Gasteiger partial charge in [0, 0.05) is 21.8 Å². The van der Waals surface area contributed by atoms with E-state index in [9.17, 15) is 19.5 Å². The van der Waals surface area contributed by atoms with Crippen molar-refractivity contribution in [3.8, 4) is 0 Å². The van der Waals surface area contributed by atoms with Crippen molar-refractivity contribution in [3.05, 3.63) is 27.1 Å². The Balaban J connectivity index is 1.89. The molecular weight excluding hydrogens is 390 g/mol. The Morgan fingerprint density at radius 3 is 2.74 bits per heavy atom. The molecule has 0 aromatic carbocycles. The van der Waals surface area contributed by atoms with Gasteiger partial charge in [0.25, 0.3) is 0 Å². The Labute approximate surface area is 166 Å². The standard InChI is InChI=1S/C19H22ClNO5S/c1-2-26-19(25)15-12-5-3-4-6-14(12)27-17(15)21-16(22)13-9-10(20)7-8-11(13)18(23)24/h7,11,13H,2-6,8-9H2,1H3,(H,21,22)(H,23,24)/p-1/t11-,13+/m1/s1. The molecule has 1 N–H and O–H groups in total. The van der Waals surface area contributed by atoms with Gasteiger partial charge >= 0.3 is 5.97 Å². The highest BCUT2D eigenvalue weighted by molar-refractivity contribution is 7.17. The summed E-state index contributed by atoms with van der Waals surface area (Å²) in [7, 11) is 0. The Bertz CT molecular complexity index is 800. The SMILES string of the molecule is CCOC(=O)c1c(NC(=O)[C@H]2CC(Cl)=CC[C@H]2C(=O)[O-])sc2c1CCCC2. The third-order valence-electron chi connectivity index (χ3n) is 5.02. The maximum absolute atomic E-state index is 12.8. The first-order chi connectivity index (χ1) is 12.9. The van der Waals surface area contributed by atoms with Gasteiger partial charge in [-0.05, 0) is 51.0 Å². The molecular formula is C19H21ClNO5S-. The number of hydrogen-bond donors (Lipinski definition) is 1. The Hall–Kier alpha value is -1.86. The van der Waals surface area contributed by atoms with E-state index < -0.39 is 29.7 Å². The van der Waals surface area contributed by atoms with Crippen molar-refractivity contribution in [2.24, 2.45) is 11.8 Å². The number of thiophene rings is 1. The molecule has 146 valence electrons. The largest absolute Gasteiger partial charge is 0.550 e. The minimum absolute atomic E-state index is 0.145. The van der Waals surface area contributed by atoms with Crippen molar-refractivity contribution in [1.29, 1.82) is 0 Å². The van der Waals surface area contributed by atoms with Gasteiger partial charge in [0.1, 0.15) is 5.00 Å². The van der Waals surface area contributed by atoms with Gasteiger partial charge in [0.05, 0.1) is 18.1 Å². The summed E-state index contributed by atoms with van der Waals surface area (Å²) in [6, 6.07) is 0. The van der Waals surface area contributed by atoms with Gasteiger partial charge in [0.2, 0.25) is 5.91 Å². The van der Waals surface area contributed by atoms with Crippen LogP contribution in [0.1, 0.15) is 53.4 Å². The highest BCUT2D eigenvalue weighted by Crippen LogP contribution is 2.40. The summed E-state index contributed by atoms with van der Waals surface area (Å²) in [5.41, 5.74) is 1.35. The van der Waals surface area contributed by atoms with Gasteiger partial charge in [-0.25, -0.2) is 4.79 Å². The maximum atomic E-state index is 12.8. The van der Waals surface area contributed by atoms with Crippen LogP contribution in [0.3, 0.4) is 0 Å². The number of halogens is 1. The van der Waals surface area contributed by atoms with Gasteiger partial charge in [-0.15, -0.1) is 11.3 Å². The number of rotatable bonds is 5. The first-order valence-electron chi connectivity index (χ1n) is 9.10. The topological polar surface area (TPSA) is 95.5 Å². The number of amides is 1. The van der Waals surface area contributed by atoms with E-state index in [1.165, 1.54) is 11.3 Å². The highest BCUT2D eigenvalue weighted by atomic mass is 35.5. The summed E-state index contributed by atoms with van der Waals surface area (Å²) >= 11 is 7.41.